The van der Waals surface area contributed by atoms with Crippen LogP contribution < -0.4 is 5.32 Å². The maximum atomic E-state index is 10.6. The van der Waals surface area contributed by atoms with Gasteiger partial charge in [-0.2, -0.15) is 5.10 Å². The quantitative estimate of drug-likeness (QED) is 0.732. The Balaban J connectivity index is 0.000000671. The molecule has 0 aliphatic carbocycles. The molecule has 1 unspecified atom stereocenters. The second-order valence-electron chi connectivity index (χ2n) is 2.43. The number of nitrogens with zero attached hydrogens (tertiary/aromatic N) is 1. The molecule has 1 amide bonds. The van der Waals surface area contributed by atoms with Gasteiger partial charge >= 0.3 is 0 Å². The van der Waals surface area contributed by atoms with E-state index in [1.54, 1.807) is 6.20 Å². The molecular weight excluding hydrogens is 166 g/mol. The second kappa shape index (κ2) is 6.22. The zero-order chi connectivity index (χ0) is 10.3. The fraction of sp³-hybridized carbons (Fsp3) is 0.556. The number of nitrogens with one attached hydrogen (secondary N) is 2. The first kappa shape index (κ1) is 11.7. The molecule has 1 heterocycles. The van der Waals surface area contributed by atoms with Gasteiger partial charge in [-0.25, -0.2) is 0 Å². The molecule has 0 saturated heterocycles. The van der Waals surface area contributed by atoms with Crippen LogP contribution in [0.4, 0.5) is 0 Å². The number of aromatic nitrogens is 2. The third-order valence-electron chi connectivity index (χ3n) is 1.41. The highest BCUT2D eigenvalue weighted by Crippen LogP contribution is 2.06. The van der Waals surface area contributed by atoms with E-state index in [-0.39, 0.29) is 11.9 Å². The molecule has 13 heavy (non-hydrogen) atoms. The van der Waals surface area contributed by atoms with Crippen LogP contribution in [0.25, 0.3) is 0 Å². The Hall–Kier alpha value is -1.32. The topological polar surface area (TPSA) is 57.8 Å². The highest BCUT2D eigenvalue weighted by molar-refractivity contribution is 5.73. The van der Waals surface area contributed by atoms with Crippen molar-refractivity contribution in [2.45, 2.75) is 33.7 Å². The average molecular weight is 183 g/mol. The zero-order valence-electron chi connectivity index (χ0n) is 8.59. The number of aromatic amines is 1. The van der Waals surface area contributed by atoms with Gasteiger partial charge < -0.3 is 5.32 Å². The molecule has 0 radical (unpaired) electrons. The van der Waals surface area contributed by atoms with Crippen molar-refractivity contribution in [1.29, 1.82) is 0 Å². The molecule has 0 fully saturated rings. The van der Waals surface area contributed by atoms with E-state index in [0.717, 1.165) is 5.69 Å². The van der Waals surface area contributed by atoms with E-state index in [1.807, 2.05) is 26.8 Å². The number of H-pyrrole nitrogens is 1. The number of hydrogen-bond acceptors (Lipinski definition) is 2. The van der Waals surface area contributed by atoms with Crippen molar-refractivity contribution in [3.63, 3.8) is 0 Å². The molecule has 0 saturated carbocycles. The van der Waals surface area contributed by atoms with Gasteiger partial charge in [0.15, 0.2) is 0 Å². The standard InChI is InChI=1S/C7H11N3O.C2H6/c1-5(9-6(2)11)7-3-4-8-10-7;1-2/h3-5H,1-2H3,(H,8,10)(H,9,11);1-2H3. The zero-order valence-corrected chi connectivity index (χ0v) is 8.59. The summed E-state index contributed by atoms with van der Waals surface area (Å²) >= 11 is 0. The van der Waals surface area contributed by atoms with E-state index >= 15 is 0 Å². The normalized spacial score (nSPS) is 11.1. The summed E-state index contributed by atoms with van der Waals surface area (Å²) in [5.41, 5.74) is 0.917. The summed E-state index contributed by atoms with van der Waals surface area (Å²) in [6.07, 6.45) is 1.66. The molecule has 0 spiro atoms. The molecular formula is C9H17N3O. The SMILES string of the molecule is CC.CC(=O)NC(C)c1ccn[nH]1. The van der Waals surface area contributed by atoms with Gasteiger partial charge in [0, 0.05) is 13.1 Å². The van der Waals surface area contributed by atoms with Crippen LogP contribution in [0.15, 0.2) is 12.3 Å². The summed E-state index contributed by atoms with van der Waals surface area (Å²) in [5.74, 6) is -0.0351. The molecule has 74 valence electrons. The van der Waals surface area contributed by atoms with Crippen LogP contribution in [0, 0.1) is 0 Å². The third kappa shape index (κ3) is 4.30. The van der Waals surface area contributed by atoms with Crippen LogP contribution in [0.3, 0.4) is 0 Å². The van der Waals surface area contributed by atoms with Crippen LogP contribution in [-0.4, -0.2) is 16.1 Å². The summed E-state index contributed by atoms with van der Waals surface area (Å²) in [7, 11) is 0. The van der Waals surface area contributed by atoms with Crippen molar-refractivity contribution in [2.75, 3.05) is 0 Å². The molecule has 0 aromatic carbocycles. The Kier molecular flexibility index (Phi) is 5.59. The third-order valence-corrected chi connectivity index (χ3v) is 1.41. The van der Waals surface area contributed by atoms with E-state index in [9.17, 15) is 4.79 Å². The lowest BCUT2D eigenvalue weighted by Gasteiger charge is -2.08. The summed E-state index contributed by atoms with van der Waals surface area (Å²) in [4.78, 5) is 10.6. The smallest absolute Gasteiger partial charge is 0.217 e. The van der Waals surface area contributed by atoms with E-state index in [2.05, 4.69) is 15.5 Å². The fourth-order valence-corrected chi connectivity index (χ4v) is 0.890. The number of rotatable bonds is 2. The molecule has 1 rings (SSSR count). The van der Waals surface area contributed by atoms with Crippen molar-refractivity contribution in [3.8, 4) is 0 Å². The first-order valence-corrected chi connectivity index (χ1v) is 4.46. The lowest BCUT2D eigenvalue weighted by Crippen LogP contribution is -2.23. The Morgan fingerprint density at radius 1 is 1.62 bits per heavy atom. The predicted molar refractivity (Wildman–Crippen MR) is 52.2 cm³/mol. The summed E-state index contributed by atoms with van der Waals surface area (Å²) in [6, 6.07) is 1.84. The van der Waals surface area contributed by atoms with Gasteiger partial charge in [-0.05, 0) is 13.0 Å². The fourth-order valence-electron chi connectivity index (χ4n) is 0.890. The maximum Gasteiger partial charge on any atom is 0.217 e. The molecule has 0 bridgehead atoms. The minimum atomic E-state index is -0.0351. The minimum absolute atomic E-state index is 0.00926. The highest BCUT2D eigenvalue weighted by Gasteiger charge is 2.05. The van der Waals surface area contributed by atoms with Gasteiger partial charge in [-0.1, -0.05) is 13.8 Å². The molecule has 0 aliphatic heterocycles. The molecule has 4 nitrogen and oxygen atoms in total. The van der Waals surface area contributed by atoms with Gasteiger partial charge in [0.25, 0.3) is 0 Å². The number of hydrogen-bond donors (Lipinski definition) is 2. The first-order chi connectivity index (χ1) is 6.20. The van der Waals surface area contributed by atoms with Crippen molar-refractivity contribution in [1.82, 2.24) is 15.5 Å². The van der Waals surface area contributed by atoms with Gasteiger partial charge in [0.1, 0.15) is 0 Å². The van der Waals surface area contributed by atoms with Crippen molar-refractivity contribution < 1.29 is 4.79 Å². The van der Waals surface area contributed by atoms with Gasteiger partial charge in [-0.15, -0.1) is 0 Å². The molecule has 1 atom stereocenters. The van der Waals surface area contributed by atoms with E-state index in [1.165, 1.54) is 6.92 Å². The van der Waals surface area contributed by atoms with Crippen molar-refractivity contribution in [2.24, 2.45) is 0 Å². The van der Waals surface area contributed by atoms with Crippen LogP contribution >= 0.6 is 0 Å². The summed E-state index contributed by atoms with van der Waals surface area (Å²) in [5, 5.41) is 9.29. The number of carbonyl (C=O) groups excluding carboxylic acids is 1. The van der Waals surface area contributed by atoms with Crippen LogP contribution in [0.5, 0.6) is 0 Å². The Bertz CT molecular complexity index is 231. The second-order valence-corrected chi connectivity index (χ2v) is 2.43. The molecule has 4 heteroatoms. The van der Waals surface area contributed by atoms with Gasteiger partial charge in [0.05, 0.1) is 11.7 Å². The van der Waals surface area contributed by atoms with Gasteiger partial charge in [-0.3, -0.25) is 9.89 Å². The number of amides is 1. The van der Waals surface area contributed by atoms with E-state index < -0.39 is 0 Å². The van der Waals surface area contributed by atoms with Gasteiger partial charge in [0.2, 0.25) is 5.91 Å². The lowest BCUT2D eigenvalue weighted by molar-refractivity contribution is -0.119. The minimum Gasteiger partial charge on any atom is -0.348 e. The average Bonchev–Trinajstić information content (AvgIpc) is 2.58. The largest absolute Gasteiger partial charge is 0.348 e. The van der Waals surface area contributed by atoms with E-state index in [0.29, 0.717) is 0 Å². The Morgan fingerprint density at radius 2 is 2.23 bits per heavy atom. The van der Waals surface area contributed by atoms with Crippen LogP contribution in [0.1, 0.15) is 39.4 Å². The summed E-state index contributed by atoms with van der Waals surface area (Å²) < 4.78 is 0. The van der Waals surface area contributed by atoms with Crippen molar-refractivity contribution in [3.05, 3.63) is 18.0 Å². The van der Waals surface area contributed by atoms with Crippen molar-refractivity contribution >= 4 is 5.91 Å². The molecule has 0 aliphatic rings. The first-order valence-electron chi connectivity index (χ1n) is 4.46. The maximum absolute atomic E-state index is 10.6. The predicted octanol–water partition coefficient (Wildman–Crippen LogP) is 1.63. The van der Waals surface area contributed by atoms with E-state index in [4.69, 9.17) is 0 Å². The Morgan fingerprint density at radius 3 is 2.62 bits per heavy atom. The highest BCUT2D eigenvalue weighted by atomic mass is 16.1. The molecule has 1 aromatic rings. The van der Waals surface area contributed by atoms with Crippen LogP contribution in [0.2, 0.25) is 0 Å². The Labute approximate surface area is 78.7 Å². The monoisotopic (exact) mass is 183 g/mol. The lowest BCUT2D eigenvalue weighted by atomic mass is 10.2. The number of carbonyl (C=O) groups is 1. The molecule has 2 N–H and O–H groups in total. The van der Waals surface area contributed by atoms with Crippen LogP contribution in [-0.2, 0) is 4.79 Å². The summed E-state index contributed by atoms with van der Waals surface area (Å²) in [6.45, 7) is 7.39. The molecule has 1 aromatic heterocycles.